The van der Waals surface area contributed by atoms with E-state index in [9.17, 15) is 31.5 Å². The summed E-state index contributed by atoms with van der Waals surface area (Å²) in [7, 11) is -4.69. The summed E-state index contributed by atoms with van der Waals surface area (Å²) in [5, 5.41) is 11.1. The quantitative estimate of drug-likeness (QED) is 0.469. The Balaban J connectivity index is 3.03. The number of carbonyl (C=O) groups is 1. The van der Waals surface area contributed by atoms with Crippen molar-refractivity contribution in [2.24, 2.45) is 0 Å². The predicted octanol–water partition coefficient (Wildman–Crippen LogP) is 1.22. The smallest absolute Gasteiger partial charge is 0.404 e. The van der Waals surface area contributed by atoms with Crippen LogP contribution in [0, 0.1) is 6.92 Å². The third kappa shape index (κ3) is 4.76. The molecule has 0 aliphatic carbocycles. The summed E-state index contributed by atoms with van der Waals surface area (Å²) >= 11 is 0. The molecule has 0 fully saturated rings. The number of carbonyl (C=O) groups excluding carboxylic acids is 1. The molecule has 0 atom stereocenters. The highest BCUT2D eigenvalue weighted by Gasteiger charge is 2.36. The zero-order valence-corrected chi connectivity index (χ0v) is 12.4. The third-order valence-electron chi connectivity index (χ3n) is 2.51. The van der Waals surface area contributed by atoms with Crippen LogP contribution in [0.3, 0.4) is 0 Å². The molecule has 1 aromatic carbocycles. The number of ether oxygens (including phenoxy) is 1. The highest BCUT2D eigenvalue weighted by atomic mass is 32.2. The van der Waals surface area contributed by atoms with Gasteiger partial charge >= 0.3 is 12.1 Å². The Hall–Kier alpha value is -2.03. The van der Waals surface area contributed by atoms with Crippen LogP contribution in [-0.4, -0.2) is 26.8 Å². The maximum Gasteiger partial charge on any atom is 0.404 e. The van der Waals surface area contributed by atoms with Crippen LogP contribution in [0.25, 0.3) is 0 Å². The lowest BCUT2D eigenvalue weighted by atomic mass is 10.2. The van der Waals surface area contributed by atoms with E-state index in [1.54, 1.807) is 31.2 Å². The topological polar surface area (TPSA) is 83.5 Å². The van der Waals surface area contributed by atoms with Crippen molar-refractivity contribution >= 4 is 15.8 Å². The Morgan fingerprint density at radius 1 is 1.23 bits per heavy atom. The highest BCUT2D eigenvalue weighted by molar-refractivity contribution is 7.95. The molecule has 5 nitrogen and oxygen atoms in total. The Morgan fingerprint density at radius 2 is 1.73 bits per heavy atom. The summed E-state index contributed by atoms with van der Waals surface area (Å²) in [5.74, 6) is -4.57. The maximum atomic E-state index is 12.4. The average Bonchev–Trinajstić information content (AvgIpc) is 2.35. The van der Waals surface area contributed by atoms with Gasteiger partial charge in [0.15, 0.2) is 9.84 Å². The highest BCUT2D eigenvalue weighted by Crippen LogP contribution is 2.26. The molecule has 0 saturated heterocycles. The molecule has 9 heteroatoms. The molecule has 0 unspecified atom stereocenters. The van der Waals surface area contributed by atoms with Gasteiger partial charge in [-0.2, -0.15) is 13.2 Å². The lowest BCUT2D eigenvalue weighted by Gasteiger charge is -2.19. The molecule has 0 spiro atoms. The first kappa shape index (κ1) is 18.0. The van der Waals surface area contributed by atoms with Crippen LogP contribution in [0.2, 0.25) is 0 Å². The molecule has 0 radical (unpaired) electrons. The molecule has 0 heterocycles. The SMILES string of the molecule is Cc1ccc(COC(=O)/C(=C(\[O-])C(F)(F)F)S(C)(=O)=O)cc1. The Morgan fingerprint density at radius 3 is 2.14 bits per heavy atom. The number of hydrogen-bond acceptors (Lipinski definition) is 5. The van der Waals surface area contributed by atoms with Gasteiger partial charge in [-0.25, -0.2) is 13.2 Å². The zero-order valence-electron chi connectivity index (χ0n) is 11.6. The van der Waals surface area contributed by atoms with E-state index < -0.39 is 39.3 Å². The van der Waals surface area contributed by atoms with Crippen molar-refractivity contribution < 1.29 is 36.2 Å². The number of esters is 1. The van der Waals surface area contributed by atoms with Crippen molar-refractivity contribution in [1.29, 1.82) is 0 Å². The van der Waals surface area contributed by atoms with Gasteiger partial charge in [-0.15, -0.1) is 0 Å². The molecule has 0 aliphatic heterocycles. The first-order chi connectivity index (χ1) is 9.93. The second-order valence-corrected chi connectivity index (χ2v) is 6.44. The number of benzene rings is 1. The van der Waals surface area contributed by atoms with Gasteiger partial charge in [-0.05, 0) is 12.5 Å². The van der Waals surface area contributed by atoms with E-state index in [-0.39, 0.29) is 0 Å². The van der Waals surface area contributed by atoms with Crippen molar-refractivity contribution in [3.05, 3.63) is 46.1 Å². The van der Waals surface area contributed by atoms with Gasteiger partial charge in [-0.1, -0.05) is 29.8 Å². The van der Waals surface area contributed by atoms with E-state index in [4.69, 9.17) is 0 Å². The summed E-state index contributed by atoms with van der Waals surface area (Å²) in [6.45, 7) is 1.34. The van der Waals surface area contributed by atoms with Crippen LogP contribution < -0.4 is 5.11 Å². The van der Waals surface area contributed by atoms with E-state index in [1.807, 2.05) is 0 Å². The monoisotopic (exact) mass is 337 g/mol. The van der Waals surface area contributed by atoms with Crippen molar-refractivity contribution in [2.75, 3.05) is 6.26 Å². The molecule has 22 heavy (non-hydrogen) atoms. The molecule has 1 rings (SSSR count). The fourth-order valence-corrected chi connectivity index (χ4v) is 2.25. The van der Waals surface area contributed by atoms with Crippen molar-refractivity contribution in [3.63, 3.8) is 0 Å². The average molecular weight is 337 g/mol. The molecule has 0 saturated carbocycles. The molecule has 0 bridgehead atoms. The van der Waals surface area contributed by atoms with Gasteiger partial charge < -0.3 is 9.84 Å². The molecule has 0 N–H and O–H groups in total. The van der Waals surface area contributed by atoms with Crippen LogP contribution in [0.4, 0.5) is 13.2 Å². The molecular formula is C13H12F3O5S-. The van der Waals surface area contributed by atoms with E-state index in [0.717, 1.165) is 5.56 Å². The fourth-order valence-electron chi connectivity index (χ4n) is 1.44. The molecule has 122 valence electrons. The van der Waals surface area contributed by atoms with Crippen molar-refractivity contribution in [3.8, 4) is 0 Å². The molecule has 0 aromatic heterocycles. The van der Waals surface area contributed by atoms with Crippen LogP contribution in [0.15, 0.2) is 34.9 Å². The number of hydrogen-bond donors (Lipinski definition) is 0. The third-order valence-corrected chi connectivity index (χ3v) is 3.60. The Labute approximate surface area is 124 Å². The largest absolute Gasteiger partial charge is 0.868 e. The predicted molar refractivity (Wildman–Crippen MR) is 68.9 cm³/mol. The first-order valence-electron chi connectivity index (χ1n) is 5.84. The number of aryl methyl sites for hydroxylation is 1. The van der Waals surface area contributed by atoms with Crippen LogP contribution in [0.1, 0.15) is 11.1 Å². The number of allylic oxidation sites excluding steroid dienone is 1. The van der Waals surface area contributed by atoms with Crippen molar-refractivity contribution in [2.45, 2.75) is 19.7 Å². The standard InChI is InChI=1S/C13H13F3O5S/c1-8-3-5-9(6-4-8)7-21-12(18)10(22(2,19)20)11(17)13(14,15)16/h3-6,17H,7H2,1-2H3/p-1/b11-10+. The van der Waals surface area contributed by atoms with Crippen LogP contribution in [0.5, 0.6) is 0 Å². The summed E-state index contributed by atoms with van der Waals surface area (Å²) < 4.78 is 64.1. The van der Waals surface area contributed by atoms with Crippen LogP contribution >= 0.6 is 0 Å². The minimum Gasteiger partial charge on any atom is -0.868 e. The second-order valence-electron chi connectivity index (χ2n) is 4.49. The number of halogens is 3. The lowest BCUT2D eigenvalue weighted by Crippen LogP contribution is -2.31. The van der Waals surface area contributed by atoms with E-state index in [0.29, 0.717) is 11.8 Å². The minimum absolute atomic E-state index is 0.332. The fraction of sp³-hybridized carbons (Fsp3) is 0.308. The first-order valence-corrected chi connectivity index (χ1v) is 7.73. The summed E-state index contributed by atoms with van der Waals surface area (Å²) in [5.41, 5.74) is 1.34. The Bertz CT molecular complexity index is 687. The summed E-state index contributed by atoms with van der Waals surface area (Å²) in [4.78, 5) is 9.64. The molecule has 0 amide bonds. The normalized spacial score (nSPS) is 13.5. The van der Waals surface area contributed by atoms with Crippen LogP contribution in [-0.2, 0) is 26.0 Å². The molecule has 1 aromatic rings. The van der Waals surface area contributed by atoms with E-state index in [2.05, 4.69) is 4.74 Å². The van der Waals surface area contributed by atoms with Gasteiger partial charge in [0, 0.05) is 12.0 Å². The molecule has 0 aliphatic rings. The number of rotatable bonds is 4. The summed E-state index contributed by atoms with van der Waals surface area (Å²) in [6, 6.07) is 6.44. The minimum atomic E-state index is -5.48. The van der Waals surface area contributed by atoms with E-state index >= 15 is 0 Å². The van der Waals surface area contributed by atoms with Crippen molar-refractivity contribution in [1.82, 2.24) is 0 Å². The maximum absolute atomic E-state index is 12.4. The lowest BCUT2D eigenvalue weighted by molar-refractivity contribution is -0.360. The van der Waals surface area contributed by atoms with Gasteiger partial charge in [0.1, 0.15) is 11.5 Å². The second kappa shape index (κ2) is 6.39. The van der Waals surface area contributed by atoms with E-state index in [1.165, 1.54) is 0 Å². The van der Waals surface area contributed by atoms with Gasteiger partial charge in [0.2, 0.25) is 0 Å². The molecular weight excluding hydrogens is 325 g/mol. The van der Waals surface area contributed by atoms with Gasteiger partial charge in [-0.3, -0.25) is 0 Å². The number of sulfone groups is 1. The Kier molecular flexibility index (Phi) is 5.23. The zero-order chi connectivity index (χ0) is 17.1. The van der Waals surface area contributed by atoms with Gasteiger partial charge in [0.25, 0.3) is 0 Å². The number of alkyl halides is 3. The van der Waals surface area contributed by atoms with Gasteiger partial charge in [0.05, 0.1) is 0 Å². The summed E-state index contributed by atoms with van der Waals surface area (Å²) in [6.07, 6.45) is -5.15.